The van der Waals surface area contributed by atoms with E-state index in [0.717, 1.165) is 6.29 Å². The number of hydrogen-bond donors (Lipinski definition) is 0. The van der Waals surface area contributed by atoms with Crippen LogP contribution in [0, 0.1) is 5.41 Å². The van der Waals surface area contributed by atoms with Gasteiger partial charge in [0.2, 0.25) is 0 Å². The van der Waals surface area contributed by atoms with E-state index in [2.05, 4.69) is 0 Å². The third-order valence-electron chi connectivity index (χ3n) is 1.44. The monoisotopic (exact) mass is 142 g/mol. The van der Waals surface area contributed by atoms with E-state index < -0.39 is 0 Å². The lowest BCUT2D eigenvalue weighted by molar-refractivity contribution is -0.118. The normalized spacial score (nSPS) is 11.1. The Morgan fingerprint density at radius 1 is 1.50 bits per heavy atom. The maximum atomic E-state index is 10.5. The number of aldehydes is 1. The van der Waals surface area contributed by atoms with Crippen LogP contribution in [0.2, 0.25) is 0 Å². The summed E-state index contributed by atoms with van der Waals surface area (Å²) in [4.78, 5) is 20.8. The summed E-state index contributed by atoms with van der Waals surface area (Å²) >= 11 is 0. The van der Waals surface area contributed by atoms with Crippen LogP contribution in [0.4, 0.5) is 0 Å². The highest BCUT2D eigenvalue weighted by Gasteiger charge is 2.16. The fourth-order valence-electron chi connectivity index (χ4n) is 0.557. The molecule has 0 aliphatic carbocycles. The number of carbonyl (C=O) groups excluding carboxylic acids is 2. The van der Waals surface area contributed by atoms with E-state index in [1.807, 2.05) is 13.8 Å². The maximum Gasteiger partial charge on any atom is 0.129 e. The van der Waals surface area contributed by atoms with Gasteiger partial charge in [0.25, 0.3) is 0 Å². The Labute approximate surface area is 61.6 Å². The van der Waals surface area contributed by atoms with Crippen molar-refractivity contribution in [3.05, 3.63) is 0 Å². The van der Waals surface area contributed by atoms with E-state index in [9.17, 15) is 9.59 Å². The molecule has 10 heavy (non-hydrogen) atoms. The number of hydrogen-bond acceptors (Lipinski definition) is 2. The van der Waals surface area contributed by atoms with Crippen LogP contribution in [-0.2, 0) is 9.59 Å². The molecule has 0 aromatic carbocycles. The quantitative estimate of drug-likeness (QED) is 0.558. The summed E-state index contributed by atoms with van der Waals surface area (Å²) in [5.41, 5.74) is -0.328. The zero-order valence-corrected chi connectivity index (χ0v) is 6.81. The first kappa shape index (κ1) is 9.34. The summed E-state index contributed by atoms with van der Waals surface area (Å²) < 4.78 is 0. The van der Waals surface area contributed by atoms with Crippen molar-refractivity contribution >= 4 is 12.1 Å². The number of ketones is 1. The smallest absolute Gasteiger partial charge is 0.129 e. The molecule has 0 N–H and O–H groups in total. The molecule has 0 amide bonds. The van der Waals surface area contributed by atoms with Crippen molar-refractivity contribution in [3.8, 4) is 0 Å². The van der Waals surface area contributed by atoms with Crippen LogP contribution in [0.15, 0.2) is 0 Å². The number of Topliss-reactive ketones (excluding diaryl/α,β-unsaturated/α-hetero) is 1. The predicted molar refractivity (Wildman–Crippen MR) is 39.8 cm³/mol. The summed E-state index contributed by atoms with van der Waals surface area (Å²) in [6.07, 6.45) is 2.06. The summed E-state index contributed by atoms with van der Waals surface area (Å²) in [7, 11) is 0. The van der Waals surface area contributed by atoms with Gasteiger partial charge in [-0.2, -0.15) is 0 Å². The molecule has 0 aromatic rings. The third kappa shape index (κ3) is 4.24. The molecule has 0 radical (unpaired) electrons. The van der Waals surface area contributed by atoms with Crippen LogP contribution < -0.4 is 0 Å². The lowest BCUT2D eigenvalue weighted by atomic mass is 9.89. The van der Waals surface area contributed by atoms with Crippen LogP contribution in [0.25, 0.3) is 0 Å². The van der Waals surface area contributed by atoms with E-state index in [1.165, 1.54) is 0 Å². The van der Waals surface area contributed by atoms with Crippen LogP contribution in [0.5, 0.6) is 0 Å². The minimum Gasteiger partial charge on any atom is -0.303 e. The zero-order chi connectivity index (χ0) is 8.20. The standard InChI is InChI=1S/C8H14O2/c1-7(10)4-5-8(2,3)6-9/h6H,4-5H2,1-3H3. The van der Waals surface area contributed by atoms with E-state index in [4.69, 9.17) is 0 Å². The molecule has 0 unspecified atom stereocenters. The largest absolute Gasteiger partial charge is 0.303 e. The van der Waals surface area contributed by atoms with E-state index >= 15 is 0 Å². The highest BCUT2D eigenvalue weighted by Crippen LogP contribution is 2.18. The SMILES string of the molecule is CC(=O)CCC(C)(C)C=O. The second-order valence-electron chi connectivity index (χ2n) is 3.31. The topological polar surface area (TPSA) is 34.1 Å². The summed E-state index contributed by atoms with van der Waals surface area (Å²) in [5, 5.41) is 0. The Kier molecular flexibility index (Phi) is 3.26. The van der Waals surface area contributed by atoms with Gasteiger partial charge in [-0.05, 0) is 13.3 Å². The number of rotatable bonds is 4. The first-order chi connectivity index (χ1) is 4.48. The molecule has 0 atom stereocenters. The maximum absolute atomic E-state index is 10.5. The Hall–Kier alpha value is -0.660. The van der Waals surface area contributed by atoms with Crippen LogP contribution in [0.1, 0.15) is 33.6 Å². The average molecular weight is 142 g/mol. The minimum atomic E-state index is -0.328. The van der Waals surface area contributed by atoms with Gasteiger partial charge in [0.15, 0.2) is 0 Å². The Balaban J connectivity index is 3.67. The molecular weight excluding hydrogens is 128 g/mol. The molecule has 0 rings (SSSR count). The van der Waals surface area contributed by atoms with Crippen molar-refractivity contribution in [1.29, 1.82) is 0 Å². The van der Waals surface area contributed by atoms with Gasteiger partial charge in [-0.15, -0.1) is 0 Å². The average Bonchev–Trinajstić information content (AvgIpc) is 1.85. The van der Waals surface area contributed by atoms with Crippen molar-refractivity contribution in [3.63, 3.8) is 0 Å². The lowest BCUT2D eigenvalue weighted by Gasteiger charge is -2.14. The summed E-state index contributed by atoms with van der Waals surface area (Å²) in [6.45, 7) is 5.22. The van der Waals surface area contributed by atoms with Crippen molar-refractivity contribution in [2.45, 2.75) is 33.6 Å². The van der Waals surface area contributed by atoms with Gasteiger partial charge in [0.1, 0.15) is 12.1 Å². The van der Waals surface area contributed by atoms with E-state index in [0.29, 0.717) is 12.8 Å². The van der Waals surface area contributed by atoms with Gasteiger partial charge >= 0.3 is 0 Å². The fourth-order valence-corrected chi connectivity index (χ4v) is 0.557. The van der Waals surface area contributed by atoms with Gasteiger partial charge in [0.05, 0.1) is 0 Å². The molecule has 0 bridgehead atoms. The molecule has 0 aliphatic heterocycles. The van der Waals surface area contributed by atoms with Gasteiger partial charge in [-0.1, -0.05) is 13.8 Å². The van der Waals surface area contributed by atoms with Crippen LogP contribution in [-0.4, -0.2) is 12.1 Å². The van der Waals surface area contributed by atoms with Crippen LogP contribution >= 0.6 is 0 Å². The molecule has 0 spiro atoms. The molecule has 0 saturated heterocycles. The van der Waals surface area contributed by atoms with Gasteiger partial charge in [0, 0.05) is 11.8 Å². The van der Waals surface area contributed by atoms with Crippen molar-refractivity contribution in [2.24, 2.45) is 5.41 Å². The van der Waals surface area contributed by atoms with Crippen molar-refractivity contribution in [2.75, 3.05) is 0 Å². The van der Waals surface area contributed by atoms with E-state index in [1.54, 1.807) is 6.92 Å². The summed E-state index contributed by atoms with van der Waals surface area (Å²) in [6, 6.07) is 0. The van der Waals surface area contributed by atoms with Gasteiger partial charge in [-0.25, -0.2) is 0 Å². The summed E-state index contributed by atoms with van der Waals surface area (Å²) in [5.74, 6) is 0.148. The van der Waals surface area contributed by atoms with Crippen LogP contribution in [0.3, 0.4) is 0 Å². The first-order valence-corrected chi connectivity index (χ1v) is 3.44. The lowest BCUT2D eigenvalue weighted by Crippen LogP contribution is -2.13. The Morgan fingerprint density at radius 3 is 2.30 bits per heavy atom. The molecule has 0 aliphatic rings. The zero-order valence-electron chi connectivity index (χ0n) is 6.81. The third-order valence-corrected chi connectivity index (χ3v) is 1.44. The second kappa shape index (κ2) is 3.49. The second-order valence-corrected chi connectivity index (χ2v) is 3.31. The molecular formula is C8H14O2. The van der Waals surface area contributed by atoms with Crippen molar-refractivity contribution in [1.82, 2.24) is 0 Å². The van der Waals surface area contributed by atoms with Crippen molar-refractivity contribution < 1.29 is 9.59 Å². The Bertz CT molecular complexity index is 136. The predicted octanol–water partition coefficient (Wildman–Crippen LogP) is 1.58. The highest BCUT2D eigenvalue weighted by atomic mass is 16.1. The molecule has 0 aromatic heterocycles. The molecule has 2 nitrogen and oxygen atoms in total. The molecule has 2 heteroatoms. The van der Waals surface area contributed by atoms with Gasteiger partial charge < -0.3 is 9.59 Å². The first-order valence-electron chi connectivity index (χ1n) is 3.44. The fraction of sp³-hybridized carbons (Fsp3) is 0.750. The molecule has 0 heterocycles. The molecule has 0 saturated carbocycles. The number of carbonyl (C=O) groups is 2. The molecule has 58 valence electrons. The highest BCUT2D eigenvalue weighted by molar-refractivity contribution is 5.76. The molecule has 0 fully saturated rings. The van der Waals surface area contributed by atoms with Gasteiger partial charge in [-0.3, -0.25) is 0 Å². The minimum absolute atomic E-state index is 0.148. The van der Waals surface area contributed by atoms with E-state index in [-0.39, 0.29) is 11.2 Å². The Morgan fingerprint density at radius 2 is 2.00 bits per heavy atom.